The molecular formula is C14H22FIN2. The van der Waals surface area contributed by atoms with E-state index in [1.54, 1.807) is 6.07 Å². The van der Waals surface area contributed by atoms with Gasteiger partial charge in [-0.05, 0) is 46.4 Å². The number of nitrogens with zero attached hydrogens (tertiary/aromatic N) is 2. The van der Waals surface area contributed by atoms with Crippen molar-refractivity contribution in [3.05, 3.63) is 21.3 Å². The highest BCUT2D eigenvalue weighted by Crippen LogP contribution is 2.35. The second-order valence-corrected chi connectivity index (χ2v) is 6.12. The molecule has 1 rings (SSSR count). The van der Waals surface area contributed by atoms with Gasteiger partial charge in [0.25, 0.3) is 0 Å². The summed E-state index contributed by atoms with van der Waals surface area (Å²) in [6.45, 7) is 6.58. The zero-order valence-corrected chi connectivity index (χ0v) is 13.6. The molecule has 1 aromatic heterocycles. The minimum Gasteiger partial charge on any atom is -0.183 e. The molecule has 18 heavy (non-hydrogen) atoms. The third-order valence-electron chi connectivity index (χ3n) is 3.73. The van der Waals surface area contributed by atoms with Crippen molar-refractivity contribution < 1.29 is 4.39 Å². The Morgan fingerprint density at radius 2 is 1.94 bits per heavy atom. The fourth-order valence-corrected chi connectivity index (χ4v) is 3.13. The molecule has 0 saturated heterocycles. The Morgan fingerprint density at radius 1 is 1.22 bits per heavy atom. The van der Waals surface area contributed by atoms with Crippen molar-refractivity contribution in [1.82, 2.24) is 10.2 Å². The van der Waals surface area contributed by atoms with Crippen LogP contribution in [0.2, 0.25) is 0 Å². The molecule has 0 aliphatic rings. The maximum absolute atomic E-state index is 13.3. The van der Waals surface area contributed by atoms with Gasteiger partial charge in [-0.3, -0.25) is 0 Å². The van der Waals surface area contributed by atoms with E-state index >= 15 is 0 Å². The molecule has 0 N–H and O–H groups in total. The standard InChI is InChI=1S/C14H22FIN2/c1-4-6-7-8-9-14(3,5-2)11-10-12(15)17-18-13(11)16/h10H,4-9H2,1-3H3. The monoisotopic (exact) mass is 364 g/mol. The summed E-state index contributed by atoms with van der Waals surface area (Å²) in [6.07, 6.45) is 7.05. The number of rotatable bonds is 7. The molecule has 102 valence electrons. The molecule has 0 aliphatic heterocycles. The number of hydrogen-bond acceptors (Lipinski definition) is 2. The lowest BCUT2D eigenvalue weighted by Crippen LogP contribution is -2.23. The largest absolute Gasteiger partial charge is 0.233 e. The summed E-state index contributed by atoms with van der Waals surface area (Å²) in [7, 11) is 0. The predicted molar refractivity (Wildman–Crippen MR) is 81.1 cm³/mol. The molecule has 1 unspecified atom stereocenters. The molecule has 4 heteroatoms. The first-order chi connectivity index (χ1) is 8.53. The smallest absolute Gasteiger partial charge is 0.183 e. The molecule has 1 aromatic rings. The molecule has 0 aliphatic carbocycles. The van der Waals surface area contributed by atoms with Gasteiger partial charge in [0.1, 0.15) is 3.70 Å². The normalized spacial score (nSPS) is 14.5. The van der Waals surface area contributed by atoms with Crippen molar-refractivity contribution in [2.24, 2.45) is 0 Å². The van der Waals surface area contributed by atoms with E-state index in [1.807, 2.05) is 0 Å². The third-order valence-corrected chi connectivity index (χ3v) is 4.53. The van der Waals surface area contributed by atoms with Crippen molar-refractivity contribution in [2.45, 2.75) is 64.7 Å². The average Bonchev–Trinajstić information content (AvgIpc) is 2.37. The SMILES string of the molecule is CCCCCCC(C)(CC)c1cc(F)nnc1I. The fourth-order valence-electron chi connectivity index (χ4n) is 2.22. The van der Waals surface area contributed by atoms with Gasteiger partial charge in [-0.25, -0.2) is 0 Å². The molecular weight excluding hydrogens is 342 g/mol. The summed E-state index contributed by atoms with van der Waals surface area (Å²) in [5.41, 5.74) is 1.02. The summed E-state index contributed by atoms with van der Waals surface area (Å²) in [5, 5.41) is 7.37. The van der Waals surface area contributed by atoms with E-state index in [-0.39, 0.29) is 5.41 Å². The summed E-state index contributed by atoms with van der Waals surface area (Å²) < 4.78 is 14.1. The van der Waals surface area contributed by atoms with E-state index in [2.05, 4.69) is 53.6 Å². The van der Waals surface area contributed by atoms with Gasteiger partial charge in [-0.15, -0.1) is 10.2 Å². The molecule has 1 heterocycles. The van der Waals surface area contributed by atoms with Gasteiger partial charge in [0, 0.05) is 6.07 Å². The average molecular weight is 364 g/mol. The van der Waals surface area contributed by atoms with Gasteiger partial charge in [0.05, 0.1) is 0 Å². The van der Waals surface area contributed by atoms with Crippen LogP contribution >= 0.6 is 22.6 Å². The molecule has 0 fully saturated rings. The second-order valence-electron chi connectivity index (χ2n) is 5.10. The fraction of sp³-hybridized carbons (Fsp3) is 0.714. The van der Waals surface area contributed by atoms with E-state index < -0.39 is 5.95 Å². The number of halogens is 2. The molecule has 0 saturated carbocycles. The summed E-state index contributed by atoms with van der Waals surface area (Å²) in [5.74, 6) is -0.473. The maximum atomic E-state index is 13.3. The van der Waals surface area contributed by atoms with Crippen molar-refractivity contribution in [2.75, 3.05) is 0 Å². The maximum Gasteiger partial charge on any atom is 0.233 e. The Kier molecular flexibility index (Phi) is 6.46. The Balaban J connectivity index is 2.82. The zero-order chi connectivity index (χ0) is 13.6. The lowest BCUT2D eigenvalue weighted by atomic mass is 9.77. The number of hydrogen-bond donors (Lipinski definition) is 0. The first-order valence-electron chi connectivity index (χ1n) is 6.72. The van der Waals surface area contributed by atoms with E-state index in [0.717, 1.165) is 22.1 Å². The molecule has 0 radical (unpaired) electrons. The third kappa shape index (κ3) is 4.14. The van der Waals surface area contributed by atoms with Gasteiger partial charge in [-0.1, -0.05) is 46.5 Å². The van der Waals surface area contributed by atoms with Crippen LogP contribution in [0.4, 0.5) is 4.39 Å². The summed E-state index contributed by atoms with van der Waals surface area (Å²) >= 11 is 2.15. The highest BCUT2D eigenvalue weighted by Gasteiger charge is 2.27. The minimum absolute atomic E-state index is 0.0149. The minimum atomic E-state index is -0.473. The molecule has 0 spiro atoms. The lowest BCUT2D eigenvalue weighted by molar-refractivity contribution is 0.387. The Hall–Kier alpha value is -0.260. The van der Waals surface area contributed by atoms with Crippen LogP contribution in [0, 0.1) is 9.65 Å². The van der Waals surface area contributed by atoms with E-state index in [0.29, 0.717) is 0 Å². The van der Waals surface area contributed by atoms with E-state index in [4.69, 9.17) is 0 Å². The van der Waals surface area contributed by atoms with E-state index in [1.165, 1.54) is 25.7 Å². The van der Waals surface area contributed by atoms with Gasteiger partial charge < -0.3 is 0 Å². The van der Waals surface area contributed by atoms with Crippen LogP contribution in [-0.4, -0.2) is 10.2 Å². The summed E-state index contributed by atoms with van der Waals surface area (Å²) in [4.78, 5) is 0. The summed E-state index contributed by atoms with van der Waals surface area (Å²) in [6, 6.07) is 1.55. The zero-order valence-electron chi connectivity index (χ0n) is 11.5. The molecule has 1 atom stereocenters. The first kappa shape index (κ1) is 15.8. The molecule has 0 aromatic carbocycles. The van der Waals surface area contributed by atoms with Crippen LogP contribution in [0.3, 0.4) is 0 Å². The first-order valence-corrected chi connectivity index (χ1v) is 7.80. The second kappa shape index (κ2) is 7.36. The number of unbranched alkanes of at least 4 members (excludes halogenated alkanes) is 3. The van der Waals surface area contributed by atoms with Crippen LogP contribution in [0.5, 0.6) is 0 Å². The Labute approximate surface area is 123 Å². The molecule has 0 amide bonds. The van der Waals surface area contributed by atoms with Crippen LogP contribution in [0.15, 0.2) is 6.07 Å². The van der Waals surface area contributed by atoms with Crippen molar-refractivity contribution in [1.29, 1.82) is 0 Å². The number of aromatic nitrogens is 2. The van der Waals surface area contributed by atoms with Crippen LogP contribution in [0.25, 0.3) is 0 Å². The van der Waals surface area contributed by atoms with Crippen molar-refractivity contribution in [3.63, 3.8) is 0 Å². The topological polar surface area (TPSA) is 25.8 Å². The highest BCUT2D eigenvalue weighted by molar-refractivity contribution is 14.1. The van der Waals surface area contributed by atoms with Gasteiger partial charge >= 0.3 is 0 Å². The van der Waals surface area contributed by atoms with Gasteiger partial charge in [0.15, 0.2) is 0 Å². The Morgan fingerprint density at radius 3 is 2.56 bits per heavy atom. The van der Waals surface area contributed by atoms with Crippen molar-refractivity contribution in [3.8, 4) is 0 Å². The van der Waals surface area contributed by atoms with Gasteiger partial charge in [-0.2, -0.15) is 4.39 Å². The van der Waals surface area contributed by atoms with Gasteiger partial charge in [0.2, 0.25) is 5.95 Å². The molecule has 2 nitrogen and oxygen atoms in total. The Bertz CT molecular complexity index is 384. The van der Waals surface area contributed by atoms with Crippen molar-refractivity contribution >= 4 is 22.6 Å². The van der Waals surface area contributed by atoms with Crippen LogP contribution in [0.1, 0.15) is 64.9 Å². The quantitative estimate of drug-likeness (QED) is 0.510. The molecule has 0 bridgehead atoms. The predicted octanol–water partition coefficient (Wildman–Crippen LogP) is 4.86. The highest BCUT2D eigenvalue weighted by atomic mass is 127. The van der Waals surface area contributed by atoms with Crippen LogP contribution < -0.4 is 0 Å². The van der Waals surface area contributed by atoms with Crippen LogP contribution in [-0.2, 0) is 5.41 Å². The lowest BCUT2D eigenvalue weighted by Gasteiger charge is -2.29. The van der Waals surface area contributed by atoms with E-state index in [9.17, 15) is 4.39 Å².